The zero-order valence-corrected chi connectivity index (χ0v) is 18.8. The molecule has 0 N–H and O–H groups in total. The van der Waals surface area contributed by atoms with Crippen LogP contribution in [0.25, 0.3) is 0 Å². The number of nitro groups is 1. The van der Waals surface area contributed by atoms with E-state index in [4.69, 9.17) is 16.3 Å². The van der Waals surface area contributed by atoms with E-state index in [2.05, 4.69) is 17.1 Å². The SMILES string of the molecule is CC(Cl)=C(C(=O)OCc1ccc([N+](=O)[O-])cc1)N1C(=O)C2N=C(CC3=CC=CCC3)SC21. The van der Waals surface area contributed by atoms with Crippen molar-refractivity contribution in [3.8, 4) is 0 Å². The van der Waals surface area contributed by atoms with Gasteiger partial charge in [-0.3, -0.25) is 24.8 Å². The molecule has 32 heavy (non-hydrogen) atoms. The summed E-state index contributed by atoms with van der Waals surface area (Å²) in [6.45, 7) is 1.43. The first kappa shape index (κ1) is 22.3. The van der Waals surface area contributed by atoms with Crippen LogP contribution in [0.15, 0.2) is 63.8 Å². The van der Waals surface area contributed by atoms with Crippen LogP contribution in [0.2, 0.25) is 0 Å². The predicted molar refractivity (Wildman–Crippen MR) is 122 cm³/mol. The smallest absolute Gasteiger partial charge is 0.356 e. The maximum Gasteiger partial charge on any atom is 0.356 e. The Hall–Kier alpha value is -2.91. The highest BCUT2D eigenvalue weighted by Crippen LogP contribution is 2.44. The number of ether oxygens (including phenoxy) is 1. The third-order valence-electron chi connectivity index (χ3n) is 5.31. The number of hydrogen-bond acceptors (Lipinski definition) is 7. The lowest BCUT2D eigenvalue weighted by Gasteiger charge is -2.41. The fraction of sp³-hybridized carbons (Fsp3) is 0.318. The highest BCUT2D eigenvalue weighted by atomic mass is 35.5. The molecule has 4 rings (SSSR count). The first-order valence-corrected chi connectivity index (χ1v) is 11.3. The zero-order chi connectivity index (χ0) is 22.8. The Kier molecular flexibility index (Phi) is 6.48. The van der Waals surface area contributed by atoms with Gasteiger partial charge in [-0.05, 0) is 37.5 Å². The summed E-state index contributed by atoms with van der Waals surface area (Å²) in [5.41, 5.74) is 1.80. The van der Waals surface area contributed by atoms with E-state index in [1.165, 1.54) is 53.4 Å². The second-order valence-electron chi connectivity index (χ2n) is 7.53. The van der Waals surface area contributed by atoms with Crippen molar-refractivity contribution in [2.75, 3.05) is 0 Å². The number of carbonyl (C=O) groups excluding carboxylic acids is 2. The molecule has 0 radical (unpaired) electrons. The molecule has 0 bridgehead atoms. The van der Waals surface area contributed by atoms with Crippen molar-refractivity contribution in [1.82, 2.24) is 4.90 Å². The highest BCUT2D eigenvalue weighted by molar-refractivity contribution is 8.14. The second-order valence-corrected chi connectivity index (χ2v) is 9.29. The van der Waals surface area contributed by atoms with Crippen LogP contribution in [-0.4, -0.2) is 38.2 Å². The van der Waals surface area contributed by atoms with Crippen molar-refractivity contribution in [3.63, 3.8) is 0 Å². The van der Waals surface area contributed by atoms with Gasteiger partial charge in [-0.2, -0.15) is 0 Å². The topological polar surface area (TPSA) is 102 Å². The Morgan fingerprint density at radius 3 is 2.75 bits per heavy atom. The number of non-ortho nitro benzene ring substituents is 1. The van der Waals surface area contributed by atoms with Crippen LogP contribution in [0, 0.1) is 10.1 Å². The average molecular weight is 474 g/mol. The Morgan fingerprint density at radius 1 is 1.38 bits per heavy atom. The second kappa shape index (κ2) is 9.30. The summed E-state index contributed by atoms with van der Waals surface area (Å²) in [5, 5.41) is 11.5. The van der Waals surface area contributed by atoms with Crippen molar-refractivity contribution in [2.45, 2.75) is 44.2 Å². The van der Waals surface area contributed by atoms with Crippen molar-refractivity contribution in [1.29, 1.82) is 0 Å². The van der Waals surface area contributed by atoms with Crippen molar-refractivity contribution in [3.05, 3.63) is 74.5 Å². The Balaban J connectivity index is 1.40. The molecule has 2 atom stereocenters. The van der Waals surface area contributed by atoms with Crippen LogP contribution in [-0.2, 0) is 20.9 Å². The number of hydrogen-bond donors (Lipinski definition) is 0. The summed E-state index contributed by atoms with van der Waals surface area (Å²) >= 11 is 7.65. The molecule has 2 aliphatic heterocycles. The van der Waals surface area contributed by atoms with Gasteiger partial charge in [0.2, 0.25) is 0 Å². The molecular weight excluding hydrogens is 454 g/mol. The molecule has 1 aromatic rings. The molecular formula is C22H20ClN3O5S. The number of halogens is 1. The van der Waals surface area contributed by atoms with Gasteiger partial charge in [0, 0.05) is 23.6 Å². The van der Waals surface area contributed by atoms with Gasteiger partial charge >= 0.3 is 5.97 Å². The van der Waals surface area contributed by atoms with Gasteiger partial charge in [0.05, 0.1) is 9.97 Å². The number of nitro benzene ring substituents is 1. The number of rotatable bonds is 7. The molecule has 1 saturated heterocycles. The molecule has 0 saturated carbocycles. The standard InChI is InChI=1S/C22H20ClN3O5S/c1-13(23)19(22(28)31-12-15-7-9-16(10-8-15)26(29)30)25-20(27)18-21(25)32-17(24-18)11-14-5-3-2-4-6-14/h2-3,5,7-10,18,21H,4,6,11-12H2,1H3. The van der Waals surface area contributed by atoms with Crippen molar-refractivity contribution < 1.29 is 19.2 Å². The summed E-state index contributed by atoms with van der Waals surface area (Å²) in [5.74, 6) is -1.01. The number of carbonyl (C=O) groups is 2. The zero-order valence-electron chi connectivity index (χ0n) is 17.2. The maximum absolute atomic E-state index is 12.8. The van der Waals surface area contributed by atoms with Gasteiger partial charge in [0.15, 0.2) is 6.04 Å². The van der Waals surface area contributed by atoms with Crippen LogP contribution in [0.3, 0.4) is 0 Å². The highest BCUT2D eigenvalue weighted by Gasteiger charge is 2.55. The Bertz CT molecular complexity index is 1090. The van der Waals surface area contributed by atoms with E-state index in [0.29, 0.717) is 12.0 Å². The average Bonchev–Trinajstić information content (AvgIpc) is 3.15. The largest absolute Gasteiger partial charge is 0.456 e. The lowest BCUT2D eigenvalue weighted by atomic mass is 10.0. The fourth-order valence-corrected chi connectivity index (χ4v) is 5.18. The summed E-state index contributed by atoms with van der Waals surface area (Å²) in [4.78, 5) is 41.7. The lowest BCUT2D eigenvalue weighted by molar-refractivity contribution is -0.384. The molecule has 166 valence electrons. The molecule has 0 aromatic heterocycles. The first-order valence-electron chi connectivity index (χ1n) is 10.0. The minimum Gasteiger partial charge on any atom is -0.456 e. The molecule has 1 fully saturated rings. The number of fused-ring (bicyclic) bond motifs is 1. The van der Waals surface area contributed by atoms with Gasteiger partial charge in [-0.25, -0.2) is 4.79 Å². The number of benzene rings is 1. The number of β-lactam (4-membered cyclic amide) rings is 1. The van der Waals surface area contributed by atoms with E-state index in [0.717, 1.165) is 17.9 Å². The van der Waals surface area contributed by atoms with Crippen LogP contribution in [0.5, 0.6) is 0 Å². The van der Waals surface area contributed by atoms with Crippen LogP contribution in [0.1, 0.15) is 31.7 Å². The molecule has 10 heteroatoms. The molecule has 0 spiro atoms. The van der Waals surface area contributed by atoms with E-state index >= 15 is 0 Å². The summed E-state index contributed by atoms with van der Waals surface area (Å²) in [6.07, 6.45) is 8.90. The third kappa shape index (κ3) is 4.49. The molecule has 3 aliphatic rings. The number of amides is 1. The molecule has 1 aromatic carbocycles. The third-order valence-corrected chi connectivity index (χ3v) is 6.72. The van der Waals surface area contributed by atoms with Gasteiger partial charge in [0.25, 0.3) is 11.6 Å². The molecule has 2 heterocycles. The fourth-order valence-electron chi connectivity index (χ4n) is 3.66. The first-order chi connectivity index (χ1) is 15.3. The molecule has 2 unspecified atom stereocenters. The number of thioether (sulfide) groups is 1. The normalized spacial score (nSPS) is 22.4. The van der Waals surface area contributed by atoms with Crippen LogP contribution in [0.4, 0.5) is 5.69 Å². The summed E-state index contributed by atoms with van der Waals surface area (Å²) in [7, 11) is 0. The monoisotopic (exact) mass is 473 g/mol. The number of esters is 1. The summed E-state index contributed by atoms with van der Waals surface area (Å²) < 4.78 is 5.35. The van der Waals surface area contributed by atoms with Crippen LogP contribution >= 0.6 is 23.4 Å². The molecule has 1 aliphatic carbocycles. The minimum absolute atomic E-state index is 0.00333. The van der Waals surface area contributed by atoms with Gasteiger partial charge in [-0.15, -0.1) is 0 Å². The van der Waals surface area contributed by atoms with Gasteiger partial charge < -0.3 is 4.74 Å². The Morgan fingerprint density at radius 2 is 2.12 bits per heavy atom. The van der Waals surface area contributed by atoms with E-state index in [1.54, 1.807) is 0 Å². The molecule has 8 nitrogen and oxygen atoms in total. The van der Waals surface area contributed by atoms with Crippen molar-refractivity contribution >= 4 is 46.0 Å². The van der Waals surface area contributed by atoms with E-state index in [1.807, 2.05) is 6.08 Å². The van der Waals surface area contributed by atoms with Gasteiger partial charge in [0.1, 0.15) is 17.7 Å². The summed E-state index contributed by atoms with van der Waals surface area (Å²) in [6, 6.07) is 5.18. The van der Waals surface area contributed by atoms with Gasteiger partial charge in [-0.1, -0.05) is 47.2 Å². The van der Waals surface area contributed by atoms with E-state index in [9.17, 15) is 19.7 Å². The maximum atomic E-state index is 12.8. The lowest BCUT2D eigenvalue weighted by Crippen LogP contribution is -2.61. The van der Waals surface area contributed by atoms with Crippen LogP contribution < -0.4 is 0 Å². The number of allylic oxidation sites excluding steroid dienone is 5. The number of likely N-dealkylation sites (tertiary alicyclic amines) is 1. The number of aliphatic imine (C=N–C) groups is 1. The minimum atomic E-state index is -0.725. The van der Waals surface area contributed by atoms with E-state index in [-0.39, 0.29) is 34.3 Å². The molecule has 1 amide bonds. The Labute approximate surface area is 193 Å². The predicted octanol–water partition coefficient (Wildman–Crippen LogP) is 4.46. The number of nitrogens with zero attached hydrogens (tertiary/aromatic N) is 3. The van der Waals surface area contributed by atoms with Crippen molar-refractivity contribution in [2.24, 2.45) is 4.99 Å². The quantitative estimate of drug-likeness (QED) is 0.190. The van der Waals surface area contributed by atoms with E-state index < -0.39 is 16.9 Å².